The lowest BCUT2D eigenvalue weighted by molar-refractivity contribution is -0.134. The number of halogens is 1. The minimum absolute atomic E-state index is 0. The Balaban J connectivity index is 0.00000225. The van der Waals surface area contributed by atoms with E-state index < -0.39 is 0 Å². The number of amides is 1. The Kier molecular flexibility index (Phi) is 6.25. The fourth-order valence-corrected chi connectivity index (χ4v) is 3.41. The van der Waals surface area contributed by atoms with Crippen molar-refractivity contribution in [2.24, 2.45) is 0 Å². The molecule has 136 valence electrons. The van der Waals surface area contributed by atoms with Gasteiger partial charge in [-0.15, -0.1) is 12.4 Å². The molecule has 1 aromatic heterocycles. The van der Waals surface area contributed by atoms with Gasteiger partial charge in [-0.3, -0.25) is 4.79 Å². The summed E-state index contributed by atoms with van der Waals surface area (Å²) < 4.78 is 1.93. The predicted octanol–water partition coefficient (Wildman–Crippen LogP) is 2.66. The zero-order valence-electron chi connectivity index (χ0n) is 15.3. The molecule has 2 heterocycles. The van der Waals surface area contributed by atoms with E-state index in [0.717, 1.165) is 35.7 Å². The van der Waals surface area contributed by atoms with Crippen molar-refractivity contribution >= 4 is 18.3 Å². The lowest BCUT2D eigenvalue weighted by Crippen LogP contribution is -2.57. The third kappa shape index (κ3) is 3.88. The fraction of sp³-hybridized carbons (Fsp3) is 0.474. The van der Waals surface area contributed by atoms with E-state index in [1.165, 1.54) is 0 Å². The number of hydrogen-bond acceptors (Lipinski definition) is 3. The van der Waals surface area contributed by atoms with Crippen molar-refractivity contribution in [1.82, 2.24) is 20.0 Å². The molecule has 0 saturated carbocycles. The fourth-order valence-electron chi connectivity index (χ4n) is 3.41. The topological polar surface area (TPSA) is 50.2 Å². The second-order valence-corrected chi connectivity index (χ2v) is 6.64. The molecular formula is C19H27ClN4O. The summed E-state index contributed by atoms with van der Waals surface area (Å²) in [5.74, 6) is 0.190. The Hall–Kier alpha value is -1.85. The molecule has 1 N–H and O–H groups in total. The van der Waals surface area contributed by atoms with Gasteiger partial charge in [-0.2, -0.15) is 5.10 Å². The lowest BCUT2D eigenvalue weighted by Gasteiger charge is -2.38. The summed E-state index contributed by atoms with van der Waals surface area (Å²) in [6.07, 6.45) is 0.418. The molecule has 2 atom stereocenters. The number of nitrogens with one attached hydrogen (secondary N) is 1. The van der Waals surface area contributed by atoms with E-state index in [1.54, 1.807) is 0 Å². The number of aryl methyl sites for hydroxylation is 1. The standard InChI is InChI=1S/C19H26N4O.ClH/c1-13-15(3)22(11-10-20-13)19(24)12-18-14(2)21-23(16(18)4)17-8-6-5-7-9-17;/h5-9,13,15,20H,10-12H2,1-4H3;1H. The van der Waals surface area contributed by atoms with Crippen LogP contribution in [0.15, 0.2) is 30.3 Å². The van der Waals surface area contributed by atoms with Gasteiger partial charge in [0, 0.05) is 36.4 Å². The van der Waals surface area contributed by atoms with E-state index in [2.05, 4.69) is 24.3 Å². The maximum Gasteiger partial charge on any atom is 0.227 e. The largest absolute Gasteiger partial charge is 0.337 e. The minimum atomic E-state index is 0. The molecule has 3 rings (SSSR count). The van der Waals surface area contributed by atoms with E-state index in [1.807, 2.05) is 53.8 Å². The van der Waals surface area contributed by atoms with E-state index in [4.69, 9.17) is 0 Å². The molecule has 6 heteroatoms. The van der Waals surface area contributed by atoms with Crippen LogP contribution in [0.5, 0.6) is 0 Å². The summed E-state index contributed by atoms with van der Waals surface area (Å²) >= 11 is 0. The van der Waals surface area contributed by atoms with Gasteiger partial charge in [0.25, 0.3) is 0 Å². The maximum absolute atomic E-state index is 12.8. The van der Waals surface area contributed by atoms with Crippen LogP contribution in [0.25, 0.3) is 5.69 Å². The molecule has 1 aliphatic rings. The zero-order chi connectivity index (χ0) is 17.3. The number of piperazine rings is 1. The SMILES string of the molecule is Cc1nn(-c2ccccc2)c(C)c1CC(=O)N1CCNC(C)C1C.Cl. The average molecular weight is 363 g/mol. The Morgan fingerprint density at radius 1 is 1.24 bits per heavy atom. The molecule has 0 bridgehead atoms. The van der Waals surface area contributed by atoms with Crippen molar-refractivity contribution in [3.63, 3.8) is 0 Å². The van der Waals surface area contributed by atoms with E-state index in [9.17, 15) is 4.79 Å². The normalized spacial score (nSPS) is 20.2. The molecule has 1 fully saturated rings. The molecule has 5 nitrogen and oxygen atoms in total. The van der Waals surface area contributed by atoms with Gasteiger partial charge >= 0.3 is 0 Å². The molecule has 2 unspecified atom stereocenters. The van der Waals surface area contributed by atoms with Gasteiger partial charge in [0.15, 0.2) is 0 Å². The Bertz CT molecular complexity index is 729. The van der Waals surface area contributed by atoms with Crippen LogP contribution < -0.4 is 5.32 Å². The third-order valence-electron chi connectivity index (χ3n) is 5.12. The highest BCUT2D eigenvalue weighted by Gasteiger charge is 2.29. The van der Waals surface area contributed by atoms with Crippen LogP contribution in [0.3, 0.4) is 0 Å². The summed E-state index contributed by atoms with van der Waals surface area (Å²) in [7, 11) is 0. The van der Waals surface area contributed by atoms with Gasteiger partial charge in [-0.05, 0) is 39.8 Å². The van der Waals surface area contributed by atoms with Crippen LogP contribution in [-0.2, 0) is 11.2 Å². The number of carbonyl (C=O) groups excluding carboxylic acids is 1. The highest BCUT2D eigenvalue weighted by molar-refractivity contribution is 5.85. The van der Waals surface area contributed by atoms with Crippen LogP contribution >= 0.6 is 12.4 Å². The van der Waals surface area contributed by atoms with Crippen molar-refractivity contribution in [1.29, 1.82) is 0 Å². The van der Waals surface area contributed by atoms with Gasteiger partial charge < -0.3 is 10.2 Å². The van der Waals surface area contributed by atoms with Gasteiger partial charge in [-0.25, -0.2) is 4.68 Å². The van der Waals surface area contributed by atoms with Gasteiger partial charge in [0.1, 0.15) is 0 Å². The smallest absolute Gasteiger partial charge is 0.227 e. The highest BCUT2D eigenvalue weighted by atomic mass is 35.5. The summed E-state index contributed by atoms with van der Waals surface area (Å²) in [6, 6.07) is 10.6. The lowest BCUT2D eigenvalue weighted by atomic mass is 10.0. The Morgan fingerprint density at radius 3 is 2.60 bits per heavy atom. The first-order chi connectivity index (χ1) is 11.5. The van der Waals surface area contributed by atoms with E-state index in [0.29, 0.717) is 12.5 Å². The molecule has 1 amide bonds. The molecule has 0 aliphatic carbocycles. The van der Waals surface area contributed by atoms with Gasteiger partial charge in [0.05, 0.1) is 17.8 Å². The molecule has 1 aliphatic heterocycles. The second-order valence-electron chi connectivity index (χ2n) is 6.64. The zero-order valence-corrected chi connectivity index (χ0v) is 16.1. The number of carbonyl (C=O) groups is 1. The van der Waals surface area contributed by atoms with Crippen LogP contribution in [0.2, 0.25) is 0 Å². The molecule has 1 saturated heterocycles. The van der Waals surface area contributed by atoms with Crippen molar-refractivity contribution < 1.29 is 4.79 Å². The summed E-state index contributed by atoms with van der Waals surface area (Å²) in [6.45, 7) is 9.90. The monoisotopic (exact) mass is 362 g/mol. The number of hydrogen-bond donors (Lipinski definition) is 1. The van der Waals surface area contributed by atoms with Gasteiger partial charge in [0.2, 0.25) is 5.91 Å². The van der Waals surface area contributed by atoms with Crippen LogP contribution in [0, 0.1) is 13.8 Å². The van der Waals surface area contributed by atoms with Crippen LogP contribution in [-0.4, -0.2) is 45.8 Å². The molecule has 0 radical (unpaired) electrons. The first-order valence-corrected chi connectivity index (χ1v) is 8.62. The van der Waals surface area contributed by atoms with Gasteiger partial charge in [-0.1, -0.05) is 18.2 Å². The number of aromatic nitrogens is 2. The maximum atomic E-state index is 12.8. The number of nitrogens with zero attached hydrogens (tertiary/aromatic N) is 3. The Labute approximate surface area is 155 Å². The first-order valence-electron chi connectivity index (χ1n) is 8.62. The third-order valence-corrected chi connectivity index (χ3v) is 5.12. The van der Waals surface area contributed by atoms with E-state index >= 15 is 0 Å². The average Bonchev–Trinajstić information content (AvgIpc) is 2.86. The van der Waals surface area contributed by atoms with Crippen molar-refractivity contribution in [3.05, 3.63) is 47.3 Å². The first kappa shape index (κ1) is 19.5. The summed E-state index contributed by atoms with van der Waals surface area (Å²) in [5, 5.41) is 8.06. The summed E-state index contributed by atoms with van der Waals surface area (Å²) in [5.41, 5.74) is 4.05. The van der Waals surface area contributed by atoms with Crippen molar-refractivity contribution in [2.45, 2.75) is 46.2 Å². The number of benzene rings is 1. The molecule has 2 aromatic rings. The highest BCUT2D eigenvalue weighted by Crippen LogP contribution is 2.20. The molecular weight excluding hydrogens is 336 g/mol. The minimum Gasteiger partial charge on any atom is -0.337 e. The second kappa shape index (κ2) is 8.02. The van der Waals surface area contributed by atoms with Crippen molar-refractivity contribution in [2.75, 3.05) is 13.1 Å². The van der Waals surface area contributed by atoms with Crippen LogP contribution in [0.1, 0.15) is 30.8 Å². The number of rotatable bonds is 3. The Morgan fingerprint density at radius 2 is 1.92 bits per heavy atom. The number of para-hydroxylation sites is 1. The predicted molar refractivity (Wildman–Crippen MR) is 103 cm³/mol. The van der Waals surface area contributed by atoms with Crippen LogP contribution in [0.4, 0.5) is 0 Å². The molecule has 25 heavy (non-hydrogen) atoms. The van der Waals surface area contributed by atoms with E-state index in [-0.39, 0.29) is 24.4 Å². The molecule has 0 spiro atoms. The molecule has 1 aromatic carbocycles. The quantitative estimate of drug-likeness (QED) is 0.913. The van der Waals surface area contributed by atoms with Crippen molar-refractivity contribution in [3.8, 4) is 5.69 Å². The summed E-state index contributed by atoms with van der Waals surface area (Å²) in [4.78, 5) is 14.8.